The number of likely N-dealkylation sites (tertiary alicyclic amines) is 1. The fourth-order valence-electron chi connectivity index (χ4n) is 3.96. The van der Waals surface area contributed by atoms with Gasteiger partial charge in [-0.2, -0.15) is 0 Å². The van der Waals surface area contributed by atoms with Gasteiger partial charge < -0.3 is 10.2 Å². The molecule has 3 aromatic rings. The molecular weight excluding hydrogens is 336 g/mol. The van der Waals surface area contributed by atoms with E-state index in [1.165, 1.54) is 11.1 Å². The highest BCUT2D eigenvalue weighted by molar-refractivity contribution is 5.90. The van der Waals surface area contributed by atoms with Crippen molar-refractivity contribution in [1.82, 2.24) is 19.8 Å². The zero-order chi connectivity index (χ0) is 18.6. The Bertz CT molecular complexity index is 918. The number of amides is 1. The number of para-hydroxylation sites is 1. The molecule has 0 aliphatic carbocycles. The van der Waals surface area contributed by atoms with E-state index in [2.05, 4.69) is 40.4 Å². The molecule has 1 atom stereocenters. The monoisotopic (exact) mass is 362 g/mol. The summed E-state index contributed by atoms with van der Waals surface area (Å²) < 4.78 is 1.64. The number of likely N-dealkylation sites (N-methyl/N-ethyl adjacent to an activating group) is 1. The number of benzene rings is 2. The quantitative estimate of drug-likeness (QED) is 0.705. The van der Waals surface area contributed by atoms with Crippen LogP contribution in [-0.4, -0.2) is 47.2 Å². The van der Waals surface area contributed by atoms with E-state index in [1.54, 1.807) is 10.9 Å². The van der Waals surface area contributed by atoms with Crippen molar-refractivity contribution in [3.05, 3.63) is 66.0 Å². The third-order valence-corrected chi connectivity index (χ3v) is 5.42. The fourth-order valence-corrected chi connectivity index (χ4v) is 3.96. The van der Waals surface area contributed by atoms with Crippen LogP contribution in [0.2, 0.25) is 0 Å². The Morgan fingerprint density at radius 1 is 1.19 bits per heavy atom. The lowest BCUT2D eigenvalue weighted by Crippen LogP contribution is -2.29. The van der Waals surface area contributed by atoms with Crippen molar-refractivity contribution in [2.75, 3.05) is 26.7 Å². The number of aromatic nitrogens is 2. The van der Waals surface area contributed by atoms with Gasteiger partial charge in [0.25, 0.3) is 0 Å². The molecule has 1 fully saturated rings. The standard InChI is InChI=1S/C22H26N4O/c1-25-14-12-18(15-25)19-10-5-11-20-21(19)24-16-26(20)22(27)23-13-6-9-17-7-3-2-4-8-17/h2-5,7-8,10-11,16,18H,6,9,12-15H2,1H3,(H,23,27). The van der Waals surface area contributed by atoms with Gasteiger partial charge in [-0.15, -0.1) is 0 Å². The summed E-state index contributed by atoms with van der Waals surface area (Å²) in [6.07, 6.45) is 4.68. The molecule has 140 valence electrons. The Balaban J connectivity index is 1.42. The van der Waals surface area contributed by atoms with Gasteiger partial charge in [0.05, 0.1) is 11.0 Å². The van der Waals surface area contributed by atoms with Gasteiger partial charge in [-0.05, 0) is 50.0 Å². The highest BCUT2D eigenvalue weighted by Crippen LogP contribution is 2.31. The van der Waals surface area contributed by atoms with Gasteiger partial charge in [-0.25, -0.2) is 9.78 Å². The Morgan fingerprint density at radius 3 is 2.81 bits per heavy atom. The molecule has 0 saturated carbocycles. The minimum atomic E-state index is -0.105. The van der Waals surface area contributed by atoms with E-state index in [0.717, 1.165) is 43.4 Å². The first-order valence-corrected chi connectivity index (χ1v) is 9.69. The molecule has 2 aromatic carbocycles. The van der Waals surface area contributed by atoms with Gasteiger partial charge in [0.2, 0.25) is 0 Å². The van der Waals surface area contributed by atoms with Crippen LogP contribution in [-0.2, 0) is 6.42 Å². The summed E-state index contributed by atoms with van der Waals surface area (Å²) in [6.45, 7) is 2.82. The molecule has 5 heteroatoms. The second-order valence-corrected chi connectivity index (χ2v) is 7.40. The van der Waals surface area contributed by atoms with Crippen LogP contribution in [0.3, 0.4) is 0 Å². The van der Waals surface area contributed by atoms with Gasteiger partial charge in [0.15, 0.2) is 0 Å². The second kappa shape index (κ2) is 7.92. The van der Waals surface area contributed by atoms with Crippen molar-refractivity contribution in [2.45, 2.75) is 25.2 Å². The zero-order valence-electron chi connectivity index (χ0n) is 15.8. The number of fused-ring (bicyclic) bond motifs is 1. The number of aryl methyl sites for hydroxylation is 1. The number of carbonyl (C=O) groups excluding carboxylic acids is 1. The maximum Gasteiger partial charge on any atom is 0.327 e. The van der Waals surface area contributed by atoms with Crippen LogP contribution in [0.25, 0.3) is 11.0 Å². The summed E-state index contributed by atoms with van der Waals surface area (Å²) in [6, 6.07) is 16.4. The second-order valence-electron chi connectivity index (χ2n) is 7.40. The average Bonchev–Trinajstić information content (AvgIpc) is 3.32. The van der Waals surface area contributed by atoms with Crippen LogP contribution in [0.15, 0.2) is 54.9 Å². The molecule has 1 saturated heterocycles. The predicted octanol–water partition coefficient (Wildman–Crippen LogP) is 3.65. The molecule has 2 heterocycles. The maximum atomic E-state index is 12.6. The summed E-state index contributed by atoms with van der Waals surface area (Å²) in [7, 11) is 2.15. The lowest BCUT2D eigenvalue weighted by Gasteiger charge is -2.12. The Kier molecular flexibility index (Phi) is 5.21. The summed E-state index contributed by atoms with van der Waals surface area (Å²) in [5.74, 6) is 0.496. The van der Waals surface area contributed by atoms with Crippen LogP contribution in [0.1, 0.15) is 29.9 Å². The van der Waals surface area contributed by atoms with Crippen LogP contribution >= 0.6 is 0 Å². The van der Waals surface area contributed by atoms with E-state index >= 15 is 0 Å². The smallest absolute Gasteiger partial charge is 0.327 e. The van der Waals surface area contributed by atoms with Crippen LogP contribution in [0.5, 0.6) is 0 Å². The number of hydrogen-bond donors (Lipinski definition) is 1. The van der Waals surface area contributed by atoms with E-state index in [1.807, 2.05) is 30.3 Å². The summed E-state index contributed by atoms with van der Waals surface area (Å²) in [5, 5.41) is 3.02. The van der Waals surface area contributed by atoms with Crippen LogP contribution in [0, 0.1) is 0 Å². The molecule has 5 nitrogen and oxygen atoms in total. The van der Waals surface area contributed by atoms with Crippen LogP contribution in [0.4, 0.5) is 4.79 Å². The minimum Gasteiger partial charge on any atom is -0.337 e. The number of imidazole rings is 1. The molecule has 1 aliphatic heterocycles. The molecule has 0 spiro atoms. The van der Waals surface area contributed by atoms with E-state index < -0.39 is 0 Å². The van der Waals surface area contributed by atoms with Crippen LogP contribution < -0.4 is 5.32 Å². The molecule has 1 amide bonds. The highest BCUT2D eigenvalue weighted by Gasteiger charge is 2.24. The zero-order valence-corrected chi connectivity index (χ0v) is 15.8. The van der Waals surface area contributed by atoms with Gasteiger partial charge in [-0.1, -0.05) is 42.5 Å². The summed E-state index contributed by atoms with van der Waals surface area (Å²) in [4.78, 5) is 19.5. The average molecular weight is 362 g/mol. The maximum absolute atomic E-state index is 12.6. The number of nitrogens with zero attached hydrogens (tertiary/aromatic N) is 3. The fraction of sp³-hybridized carbons (Fsp3) is 0.364. The van der Waals surface area contributed by atoms with Crippen molar-refractivity contribution in [3.63, 3.8) is 0 Å². The van der Waals surface area contributed by atoms with E-state index in [9.17, 15) is 4.79 Å². The van der Waals surface area contributed by atoms with E-state index in [-0.39, 0.29) is 6.03 Å². The first-order valence-electron chi connectivity index (χ1n) is 9.69. The molecule has 0 radical (unpaired) electrons. The molecule has 1 aliphatic rings. The molecule has 1 unspecified atom stereocenters. The lowest BCUT2D eigenvalue weighted by molar-refractivity contribution is 0.243. The number of hydrogen-bond acceptors (Lipinski definition) is 3. The third kappa shape index (κ3) is 3.88. The first kappa shape index (κ1) is 17.7. The number of rotatable bonds is 5. The van der Waals surface area contributed by atoms with Gasteiger partial charge in [-0.3, -0.25) is 4.57 Å². The van der Waals surface area contributed by atoms with E-state index in [0.29, 0.717) is 12.5 Å². The minimum absolute atomic E-state index is 0.105. The van der Waals surface area contributed by atoms with Crippen molar-refractivity contribution < 1.29 is 4.79 Å². The molecular formula is C22H26N4O. The molecule has 4 rings (SSSR count). The predicted molar refractivity (Wildman–Crippen MR) is 108 cm³/mol. The Labute approximate surface area is 160 Å². The number of carbonyl (C=O) groups is 1. The Morgan fingerprint density at radius 2 is 2.04 bits per heavy atom. The lowest BCUT2D eigenvalue weighted by atomic mass is 9.97. The highest BCUT2D eigenvalue weighted by atomic mass is 16.2. The summed E-state index contributed by atoms with van der Waals surface area (Å²) >= 11 is 0. The molecule has 1 N–H and O–H groups in total. The molecule has 27 heavy (non-hydrogen) atoms. The summed E-state index contributed by atoms with van der Waals surface area (Å²) in [5.41, 5.74) is 4.40. The normalized spacial score (nSPS) is 17.4. The number of nitrogens with one attached hydrogen (secondary N) is 1. The van der Waals surface area contributed by atoms with Gasteiger partial charge in [0, 0.05) is 19.0 Å². The molecule has 1 aromatic heterocycles. The van der Waals surface area contributed by atoms with Crippen molar-refractivity contribution in [1.29, 1.82) is 0 Å². The van der Waals surface area contributed by atoms with Gasteiger partial charge in [0.1, 0.15) is 6.33 Å². The van der Waals surface area contributed by atoms with Crippen molar-refractivity contribution >= 4 is 17.1 Å². The SMILES string of the molecule is CN1CCC(c2cccc3c2ncn3C(=O)NCCCc2ccccc2)C1. The topological polar surface area (TPSA) is 50.2 Å². The largest absolute Gasteiger partial charge is 0.337 e. The van der Waals surface area contributed by atoms with Gasteiger partial charge >= 0.3 is 6.03 Å². The Hall–Kier alpha value is -2.66. The third-order valence-electron chi connectivity index (χ3n) is 5.42. The molecule has 0 bridgehead atoms. The van der Waals surface area contributed by atoms with E-state index in [4.69, 9.17) is 0 Å². The van der Waals surface area contributed by atoms with Crippen molar-refractivity contribution in [2.24, 2.45) is 0 Å². The van der Waals surface area contributed by atoms with Crippen molar-refractivity contribution in [3.8, 4) is 0 Å². The first-order chi connectivity index (χ1) is 13.2.